The van der Waals surface area contributed by atoms with Crippen molar-refractivity contribution in [2.24, 2.45) is 0 Å². The van der Waals surface area contributed by atoms with Gasteiger partial charge in [0.15, 0.2) is 0 Å². The Morgan fingerprint density at radius 3 is 2.19 bits per heavy atom. The molecule has 3 fully saturated rings. The summed E-state index contributed by atoms with van der Waals surface area (Å²) in [5.74, 6) is 1.51. The number of hydrogen-bond donors (Lipinski definition) is 0. The summed E-state index contributed by atoms with van der Waals surface area (Å²) < 4.78 is 13.5. The van der Waals surface area contributed by atoms with Gasteiger partial charge in [-0.3, -0.25) is 4.79 Å². The molecule has 2 aliphatic heterocycles. The molecule has 0 unspecified atom stereocenters. The summed E-state index contributed by atoms with van der Waals surface area (Å²) in [5.41, 5.74) is 0.955. The Bertz CT molecular complexity index is 756. The quantitative estimate of drug-likeness (QED) is 0.409. The number of likely N-dealkylation sites (tertiary alicyclic amines) is 1. The highest BCUT2D eigenvalue weighted by Crippen LogP contribution is 2.44. The maximum absolute atomic E-state index is 13.4. The fraction of sp³-hybridized carbons (Fsp3) is 0.731. The molecule has 0 aromatic heterocycles. The summed E-state index contributed by atoms with van der Waals surface area (Å²) in [6.45, 7) is 12.7. The summed E-state index contributed by atoms with van der Waals surface area (Å²) in [6.07, 6.45) is 6.68. The van der Waals surface area contributed by atoms with E-state index in [0.717, 1.165) is 63.7 Å². The zero-order valence-corrected chi connectivity index (χ0v) is 21.1. The minimum absolute atomic E-state index is 0.0147. The van der Waals surface area contributed by atoms with Crippen molar-refractivity contribution in [3.63, 3.8) is 0 Å². The first-order valence-electron chi connectivity index (χ1n) is 12.4. The zero-order valence-electron chi connectivity index (χ0n) is 20.3. The van der Waals surface area contributed by atoms with Gasteiger partial charge in [-0.1, -0.05) is 24.1 Å². The molecule has 0 atom stereocenters. The second-order valence-electron chi connectivity index (χ2n) is 10.6. The standard InChI is InChI=1S/C26H40N2O3S/c1-5-30-23-10-6-20(7-11-23)21-12-16-28(17-13-21)32-26(24(29)31-25(2,3)4)14-18-27(19-15-26)22-8-9-22/h6-7,10-11,21-22H,5,8-9,12-19H2,1-4H3. The van der Waals surface area contributed by atoms with Crippen molar-refractivity contribution in [2.45, 2.75) is 88.5 Å². The fourth-order valence-electron chi connectivity index (χ4n) is 4.92. The first-order valence-corrected chi connectivity index (χ1v) is 13.2. The lowest BCUT2D eigenvalue weighted by Gasteiger charge is -2.44. The Kier molecular flexibility index (Phi) is 7.43. The van der Waals surface area contributed by atoms with Crippen molar-refractivity contribution in [1.82, 2.24) is 9.21 Å². The average molecular weight is 461 g/mol. The molecule has 1 aromatic rings. The lowest BCUT2D eigenvalue weighted by molar-refractivity contribution is -0.159. The maximum atomic E-state index is 13.4. The number of ether oxygens (including phenoxy) is 2. The number of benzene rings is 1. The van der Waals surface area contributed by atoms with Crippen LogP contribution < -0.4 is 4.74 Å². The molecule has 178 valence electrons. The molecule has 6 heteroatoms. The Morgan fingerprint density at radius 2 is 1.66 bits per heavy atom. The van der Waals surface area contributed by atoms with Crippen LogP contribution in [0.15, 0.2) is 24.3 Å². The van der Waals surface area contributed by atoms with Crippen molar-refractivity contribution in [2.75, 3.05) is 32.8 Å². The molecule has 0 spiro atoms. The number of hydrogen-bond acceptors (Lipinski definition) is 6. The molecule has 1 aromatic carbocycles. The number of carbonyl (C=O) groups is 1. The van der Waals surface area contributed by atoms with Gasteiger partial charge in [0, 0.05) is 32.2 Å². The van der Waals surface area contributed by atoms with Gasteiger partial charge in [0.05, 0.1) is 6.61 Å². The first kappa shape index (κ1) is 23.9. The van der Waals surface area contributed by atoms with Crippen LogP contribution in [0, 0.1) is 0 Å². The van der Waals surface area contributed by atoms with Crippen molar-refractivity contribution < 1.29 is 14.3 Å². The summed E-state index contributed by atoms with van der Waals surface area (Å²) in [5, 5.41) is 0. The van der Waals surface area contributed by atoms with Crippen LogP contribution in [-0.4, -0.2) is 64.4 Å². The zero-order chi connectivity index (χ0) is 22.8. The maximum Gasteiger partial charge on any atom is 0.324 e. The summed E-state index contributed by atoms with van der Waals surface area (Å²) in [7, 11) is 0. The average Bonchev–Trinajstić information content (AvgIpc) is 3.60. The summed E-state index contributed by atoms with van der Waals surface area (Å²) >= 11 is 1.79. The molecule has 0 bridgehead atoms. The van der Waals surface area contributed by atoms with Gasteiger partial charge in [-0.05, 0) is 89.8 Å². The lowest BCUT2D eigenvalue weighted by atomic mass is 9.90. The highest BCUT2D eigenvalue weighted by Gasteiger charge is 2.48. The highest BCUT2D eigenvalue weighted by molar-refractivity contribution is 7.99. The Balaban J connectivity index is 1.36. The number of piperidine rings is 2. The van der Waals surface area contributed by atoms with Crippen molar-refractivity contribution >= 4 is 17.9 Å². The van der Waals surface area contributed by atoms with Crippen LogP contribution >= 0.6 is 11.9 Å². The Labute approximate surface area is 198 Å². The lowest BCUT2D eigenvalue weighted by Crippen LogP contribution is -2.52. The Hall–Kier alpha value is -1.24. The van der Waals surface area contributed by atoms with Gasteiger partial charge in [0.1, 0.15) is 16.1 Å². The second kappa shape index (κ2) is 9.94. The van der Waals surface area contributed by atoms with E-state index >= 15 is 0 Å². The molecule has 1 aliphatic carbocycles. The smallest absolute Gasteiger partial charge is 0.324 e. The third-order valence-corrected chi connectivity index (χ3v) is 8.41. The van der Waals surface area contributed by atoms with Crippen LogP contribution in [0.2, 0.25) is 0 Å². The molecule has 1 saturated carbocycles. The highest BCUT2D eigenvalue weighted by atomic mass is 32.2. The van der Waals surface area contributed by atoms with E-state index in [4.69, 9.17) is 9.47 Å². The predicted molar refractivity (Wildman–Crippen MR) is 131 cm³/mol. The van der Waals surface area contributed by atoms with E-state index in [2.05, 4.69) is 33.5 Å². The van der Waals surface area contributed by atoms with Crippen LogP contribution in [-0.2, 0) is 9.53 Å². The van der Waals surface area contributed by atoms with E-state index < -0.39 is 10.3 Å². The van der Waals surface area contributed by atoms with Gasteiger partial charge >= 0.3 is 5.97 Å². The first-order chi connectivity index (χ1) is 15.3. The van der Waals surface area contributed by atoms with E-state index in [1.54, 1.807) is 11.9 Å². The molecule has 2 heterocycles. The van der Waals surface area contributed by atoms with Crippen LogP contribution in [0.3, 0.4) is 0 Å². The van der Waals surface area contributed by atoms with Crippen LogP contribution in [0.5, 0.6) is 5.75 Å². The molecular formula is C26H40N2O3S. The van der Waals surface area contributed by atoms with E-state index in [-0.39, 0.29) is 5.97 Å². The normalized spacial score (nSPS) is 23.1. The van der Waals surface area contributed by atoms with E-state index in [1.807, 2.05) is 27.7 Å². The minimum Gasteiger partial charge on any atom is -0.494 e. The topological polar surface area (TPSA) is 42.0 Å². The molecule has 0 radical (unpaired) electrons. The fourth-order valence-corrected chi connectivity index (χ4v) is 6.29. The van der Waals surface area contributed by atoms with E-state index in [9.17, 15) is 4.79 Å². The van der Waals surface area contributed by atoms with Gasteiger partial charge in [0.25, 0.3) is 0 Å². The minimum atomic E-state index is -0.446. The van der Waals surface area contributed by atoms with Gasteiger partial charge in [0.2, 0.25) is 0 Å². The largest absolute Gasteiger partial charge is 0.494 e. The molecule has 2 saturated heterocycles. The third-order valence-electron chi connectivity index (χ3n) is 6.86. The van der Waals surface area contributed by atoms with Crippen LogP contribution in [0.25, 0.3) is 0 Å². The molecule has 4 rings (SSSR count). The monoisotopic (exact) mass is 460 g/mol. The van der Waals surface area contributed by atoms with E-state index in [1.165, 1.54) is 18.4 Å². The number of rotatable bonds is 7. The van der Waals surface area contributed by atoms with Crippen LogP contribution in [0.4, 0.5) is 0 Å². The van der Waals surface area contributed by atoms with E-state index in [0.29, 0.717) is 12.5 Å². The van der Waals surface area contributed by atoms with Crippen molar-refractivity contribution in [1.29, 1.82) is 0 Å². The number of nitrogens with zero attached hydrogens (tertiary/aromatic N) is 2. The summed E-state index contributed by atoms with van der Waals surface area (Å²) in [6, 6.07) is 9.38. The SMILES string of the molecule is CCOc1ccc(C2CCN(SC3(C(=O)OC(C)(C)C)CCN(C4CC4)CC3)CC2)cc1. The molecule has 5 nitrogen and oxygen atoms in total. The van der Waals surface area contributed by atoms with Gasteiger partial charge in [-0.25, -0.2) is 4.31 Å². The van der Waals surface area contributed by atoms with Gasteiger partial charge < -0.3 is 14.4 Å². The molecule has 0 amide bonds. The number of carbonyl (C=O) groups excluding carboxylic acids is 1. The molecule has 0 N–H and O–H groups in total. The Morgan fingerprint density at radius 1 is 1.03 bits per heavy atom. The van der Waals surface area contributed by atoms with Gasteiger partial charge in [-0.15, -0.1) is 0 Å². The molecule has 32 heavy (non-hydrogen) atoms. The number of esters is 1. The van der Waals surface area contributed by atoms with Crippen molar-refractivity contribution in [3.8, 4) is 5.75 Å². The molecule has 3 aliphatic rings. The van der Waals surface area contributed by atoms with Crippen LogP contribution in [0.1, 0.15) is 77.7 Å². The second-order valence-corrected chi connectivity index (χ2v) is 12.0. The van der Waals surface area contributed by atoms with Gasteiger partial charge in [-0.2, -0.15) is 0 Å². The van der Waals surface area contributed by atoms with Crippen molar-refractivity contribution in [3.05, 3.63) is 29.8 Å². The summed E-state index contributed by atoms with van der Waals surface area (Å²) in [4.78, 5) is 16.0. The molecular weight excluding hydrogens is 420 g/mol. The predicted octanol–water partition coefficient (Wildman–Crippen LogP) is 5.25. The third kappa shape index (κ3) is 6.00.